The summed E-state index contributed by atoms with van der Waals surface area (Å²) in [5.41, 5.74) is 2.17. The van der Waals surface area contributed by atoms with Gasteiger partial charge in [0, 0.05) is 37.8 Å². The van der Waals surface area contributed by atoms with Gasteiger partial charge in [0.05, 0.1) is 7.11 Å². The summed E-state index contributed by atoms with van der Waals surface area (Å²) in [6.45, 7) is 0. The van der Waals surface area contributed by atoms with Crippen LogP contribution >= 0.6 is 11.6 Å². The van der Waals surface area contributed by atoms with Crippen molar-refractivity contribution in [3.63, 3.8) is 0 Å². The summed E-state index contributed by atoms with van der Waals surface area (Å²) in [6, 6.07) is 12.3. The highest BCUT2D eigenvalue weighted by molar-refractivity contribution is 6.30. The van der Waals surface area contributed by atoms with Crippen molar-refractivity contribution in [2.24, 2.45) is 0 Å². The van der Waals surface area contributed by atoms with E-state index in [1.54, 1.807) is 49.8 Å². The van der Waals surface area contributed by atoms with Crippen LogP contribution in [0, 0.1) is 0 Å². The summed E-state index contributed by atoms with van der Waals surface area (Å²) in [5.74, 6) is 0.570. The lowest BCUT2D eigenvalue weighted by atomic mass is 10.1. The van der Waals surface area contributed by atoms with Crippen LogP contribution in [-0.4, -0.2) is 17.1 Å². The average Bonchev–Trinajstić information content (AvgIpc) is 3.09. The third kappa shape index (κ3) is 3.09. The molecule has 0 aliphatic heterocycles. The van der Waals surface area contributed by atoms with Gasteiger partial charge in [-0.2, -0.15) is 0 Å². The molecule has 21 heavy (non-hydrogen) atoms. The van der Waals surface area contributed by atoms with Crippen LogP contribution in [-0.2, 0) is 6.37 Å². The second-order valence-corrected chi connectivity index (χ2v) is 4.92. The third-order valence-corrected chi connectivity index (χ3v) is 3.28. The molecule has 0 spiro atoms. The molecule has 3 rings (SSSR count). The fourth-order valence-corrected chi connectivity index (χ4v) is 2.26. The predicted molar refractivity (Wildman–Crippen MR) is 84.8 cm³/mol. The van der Waals surface area contributed by atoms with Crippen molar-refractivity contribution in [3.05, 3.63) is 71.1 Å². The van der Waals surface area contributed by atoms with Crippen molar-refractivity contribution in [1.29, 1.82) is 0 Å². The molecule has 0 aliphatic carbocycles. The van der Waals surface area contributed by atoms with E-state index in [1.165, 1.54) is 0 Å². The Kier molecular flexibility index (Phi) is 3.27. The average molecular weight is 301 g/mol. The highest BCUT2D eigenvalue weighted by Crippen LogP contribution is 2.30. The number of halogens is 1. The first-order chi connectivity index (χ1) is 11.0. The van der Waals surface area contributed by atoms with E-state index >= 15 is 0 Å². The molecule has 2 heterocycles. The number of methoxy groups -OCH3 is 1. The van der Waals surface area contributed by atoms with E-state index in [-0.39, 0.29) is 0 Å². The summed E-state index contributed by atoms with van der Waals surface area (Å²) < 4.78 is 22.1. The monoisotopic (exact) mass is 300 g/mol. The quantitative estimate of drug-likeness (QED) is 0.779. The molecule has 2 aromatic heterocycles. The van der Waals surface area contributed by atoms with Crippen molar-refractivity contribution in [2.45, 2.75) is 6.37 Å². The maximum Gasteiger partial charge on any atom is 0.145 e. The number of hydrogen-bond acceptors (Lipinski definition) is 2. The molecule has 3 aromatic rings. The van der Waals surface area contributed by atoms with E-state index in [0.717, 1.165) is 5.56 Å². The van der Waals surface area contributed by atoms with Crippen LogP contribution in [0.5, 0.6) is 5.75 Å². The third-order valence-electron chi connectivity index (χ3n) is 3.05. The number of benzene rings is 1. The molecular formula is C17H15ClN2O. The van der Waals surface area contributed by atoms with Gasteiger partial charge < -0.3 is 9.72 Å². The van der Waals surface area contributed by atoms with Crippen LogP contribution in [0.3, 0.4) is 0 Å². The van der Waals surface area contributed by atoms with Crippen molar-refractivity contribution < 1.29 is 7.48 Å². The minimum Gasteiger partial charge on any atom is -0.494 e. The standard InChI is InChI=1S/C17H15ClN2O/c1-21-16-6-5-15(9-12-7-8-19-11-12)20-17(16)13-3-2-4-14(18)10-13/h2-8,10-11,19H,9H2,1H3/i9D2. The van der Waals surface area contributed by atoms with Crippen molar-refractivity contribution in [2.75, 3.05) is 7.11 Å². The lowest BCUT2D eigenvalue weighted by Crippen LogP contribution is -1.97. The maximum absolute atomic E-state index is 8.37. The topological polar surface area (TPSA) is 37.9 Å². The summed E-state index contributed by atoms with van der Waals surface area (Å²) in [5, 5.41) is 0.588. The van der Waals surface area contributed by atoms with E-state index in [2.05, 4.69) is 9.97 Å². The lowest BCUT2D eigenvalue weighted by Gasteiger charge is -2.10. The Bertz CT molecular complexity index is 819. The van der Waals surface area contributed by atoms with Crippen LogP contribution < -0.4 is 4.74 Å². The van der Waals surface area contributed by atoms with Crippen LogP contribution in [0.25, 0.3) is 11.3 Å². The fraction of sp³-hybridized carbons (Fsp3) is 0.118. The first kappa shape index (κ1) is 11.4. The van der Waals surface area contributed by atoms with E-state index in [0.29, 0.717) is 27.7 Å². The smallest absolute Gasteiger partial charge is 0.145 e. The number of nitrogens with zero attached hydrogens (tertiary/aromatic N) is 1. The number of aromatic amines is 1. The molecule has 0 unspecified atom stereocenters. The van der Waals surface area contributed by atoms with Gasteiger partial charge >= 0.3 is 0 Å². The molecule has 1 aromatic carbocycles. The van der Waals surface area contributed by atoms with Gasteiger partial charge in [-0.05, 0) is 35.9 Å². The number of nitrogens with one attached hydrogen (secondary N) is 1. The van der Waals surface area contributed by atoms with Gasteiger partial charge in [-0.15, -0.1) is 0 Å². The molecule has 0 aliphatic rings. The Balaban J connectivity index is 2.13. The van der Waals surface area contributed by atoms with Crippen LogP contribution in [0.15, 0.2) is 54.9 Å². The van der Waals surface area contributed by atoms with E-state index in [9.17, 15) is 0 Å². The molecule has 1 N–H and O–H groups in total. The summed E-state index contributed by atoms with van der Waals surface area (Å²) in [4.78, 5) is 7.38. The highest BCUT2D eigenvalue weighted by Gasteiger charge is 2.10. The number of pyridine rings is 1. The van der Waals surface area contributed by atoms with Crippen LogP contribution in [0.4, 0.5) is 0 Å². The zero-order chi connectivity index (χ0) is 16.4. The van der Waals surface area contributed by atoms with Gasteiger partial charge in [-0.1, -0.05) is 23.7 Å². The summed E-state index contributed by atoms with van der Waals surface area (Å²) in [6.07, 6.45) is 1.61. The molecular weight excluding hydrogens is 284 g/mol. The Morgan fingerprint density at radius 2 is 2.19 bits per heavy atom. The van der Waals surface area contributed by atoms with Crippen molar-refractivity contribution in [3.8, 4) is 17.0 Å². The Morgan fingerprint density at radius 1 is 1.29 bits per heavy atom. The van der Waals surface area contributed by atoms with Gasteiger partial charge in [0.2, 0.25) is 0 Å². The zero-order valence-electron chi connectivity index (χ0n) is 13.4. The number of hydrogen-bond donors (Lipinski definition) is 1. The number of rotatable bonds is 4. The molecule has 0 atom stereocenters. The first-order valence-corrected chi connectivity index (χ1v) is 6.85. The Labute approximate surface area is 131 Å². The normalized spacial score (nSPS) is 12.7. The van der Waals surface area contributed by atoms with Crippen molar-refractivity contribution >= 4 is 11.6 Å². The predicted octanol–water partition coefficient (Wildman–Crippen LogP) is 4.33. The minimum atomic E-state index is -1.71. The molecule has 0 saturated carbocycles. The van der Waals surface area contributed by atoms with Gasteiger partial charge in [-0.3, -0.25) is 0 Å². The minimum absolute atomic E-state index is 0.313. The maximum atomic E-state index is 8.37. The van der Waals surface area contributed by atoms with Crippen LogP contribution in [0.1, 0.15) is 14.0 Å². The molecule has 0 bridgehead atoms. The number of aromatic nitrogens is 2. The van der Waals surface area contributed by atoms with Gasteiger partial charge in [0.15, 0.2) is 0 Å². The largest absolute Gasteiger partial charge is 0.494 e. The van der Waals surface area contributed by atoms with Gasteiger partial charge in [0.25, 0.3) is 0 Å². The molecule has 0 radical (unpaired) electrons. The molecule has 3 nitrogen and oxygen atoms in total. The number of H-pyrrole nitrogens is 1. The highest BCUT2D eigenvalue weighted by atomic mass is 35.5. The lowest BCUT2D eigenvalue weighted by molar-refractivity contribution is 0.414. The van der Waals surface area contributed by atoms with Gasteiger partial charge in [-0.25, -0.2) is 4.98 Å². The van der Waals surface area contributed by atoms with Crippen LogP contribution in [0.2, 0.25) is 5.02 Å². The fourth-order valence-electron chi connectivity index (χ4n) is 2.07. The molecule has 4 heteroatoms. The second-order valence-electron chi connectivity index (χ2n) is 4.48. The molecule has 0 saturated heterocycles. The van der Waals surface area contributed by atoms with Gasteiger partial charge in [0.1, 0.15) is 11.4 Å². The first-order valence-electron chi connectivity index (χ1n) is 7.47. The SMILES string of the molecule is [2H]C([2H])(c1cc[nH]c1)c1ccc(OC)c(-c2cccc(Cl)c2)n1. The second kappa shape index (κ2) is 6.02. The molecule has 0 amide bonds. The number of ether oxygens (including phenoxy) is 1. The Morgan fingerprint density at radius 3 is 2.90 bits per heavy atom. The van der Waals surface area contributed by atoms with E-state index < -0.39 is 6.37 Å². The van der Waals surface area contributed by atoms with E-state index in [4.69, 9.17) is 19.1 Å². The summed E-state index contributed by atoms with van der Waals surface area (Å²) in [7, 11) is 1.56. The Hall–Kier alpha value is -2.26. The van der Waals surface area contributed by atoms with E-state index in [1.807, 2.05) is 12.1 Å². The molecule has 0 fully saturated rings. The zero-order valence-corrected chi connectivity index (χ0v) is 12.2. The molecule has 106 valence electrons. The summed E-state index contributed by atoms with van der Waals surface area (Å²) >= 11 is 6.05. The van der Waals surface area contributed by atoms with Crippen molar-refractivity contribution in [1.82, 2.24) is 9.97 Å².